The van der Waals surface area contributed by atoms with Crippen LogP contribution in [0.5, 0.6) is 0 Å². The maximum atomic E-state index is 12.3. The summed E-state index contributed by atoms with van der Waals surface area (Å²) in [6, 6.07) is 9.07. The van der Waals surface area contributed by atoms with Crippen molar-refractivity contribution >= 4 is 28.3 Å². The third-order valence-corrected chi connectivity index (χ3v) is 3.08. The molecule has 0 unspecified atom stereocenters. The first kappa shape index (κ1) is 11.1. The summed E-state index contributed by atoms with van der Waals surface area (Å²) < 4.78 is 5.15. The molecule has 3 nitrogen and oxygen atoms in total. The van der Waals surface area contributed by atoms with E-state index in [-0.39, 0.29) is 16.8 Å². The van der Waals surface area contributed by atoms with Crippen LogP contribution in [0.1, 0.15) is 21.7 Å². The number of hydrogen-bond donors (Lipinski definition) is 1. The Morgan fingerprint density at radius 2 is 2.11 bits per heavy atom. The first-order valence-electron chi connectivity index (χ1n) is 5.53. The Morgan fingerprint density at radius 1 is 1.28 bits per heavy atom. The average molecular weight is 260 g/mol. The summed E-state index contributed by atoms with van der Waals surface area (Å²) in [5, 5.41) is 1.11. The van der Waals surface area contributed by atoms with Gasteiger partial charge >= 0.3 is 0 Å². The summed E-state index contributed by atoms with van der Waals surface area (Å²) in [7, 11) is 0. The zero-order chi connectivity index (χ0) is 12.7. The number of furan rings is 1. The molecular formula is C14H10ClNO2. The number of aromatic amines is 1. The minimum atomic E-state index is -0.168. The van der Waals surface area contributed by atoms with Crippen LogP contribution in [-0.2, 0) is 0 Å². The molecule has 1 aromatic carbocycles. The molecule has 0 spiro atoms. The third-order valence-electron chi connectivity index (χ3n) is 2.88. The van der Waals surface area contributed by atoms with Crippen LogP contribution in [0.4, 0.5) is 0 Å². The number of hydrogen-bond acceptors (Lipinski definition) is 2. The second-order valence-electron chi connectivity index (χ2n) is 4.18. The van der Waals surface area contributed by atoms with E-state index in [0.29, 0.717) is 5.56 Å². The lowest BCUT2D eigenvalue weighted by atomic mass is 10.1. The van der Waals surface area contributed by atoms with Gasteiger partial charge in [-0.2, -0.15) is 0 Å². The van der Waals surface area contributed by atoms with Gasteiger partial charge in [-0.1, -0.05) is 11.6 Å². The summed E-state index contributed by atoms with van der Waals surface area (Å²) in [4.78, 5) is 15.4. The van der Waals surface area contributed by atoms with E-state index in [2.05, 4.69) is 4.98 Å². The molecule has 1 N–H and O–H groups in total. The minimum absolute atomic E-state index is 0.168. The van der Waals surface area contributed by atoms with Crippen LogP contribution in [-0.4, -0.2) is 10.8 Å². The molecule has 0 amide bonds. The fourth-order valence-electron chi connectivity index (χ4n) is 1.99. The number of H-pyrrole nitrogens is 1. The van der Waals surface area contributed by atoms with Crippen molar-refractivity contribution in [2.75, 3.05) is 0 Å². The molecule has 0 radical (unpaired) electrons. The Hall–Kier alpha value is -2.00. The predicted octanol–water partition coefficient (Wildman–Crippen LogP) is 3.95. The number of carbonyl (C=O) groups is 1. The maximum absolute atomic E-state index is 12.3. The Balaban J connectivity index is 2.14. The van der Waals surface area contributed by atoms with E-state index in [4.69, 9.17) is 16.0 Å². The Bertz CT molecular complexity index is 739. The molecule has 0 saturated heterocycles. The topological polar surface area (TPSA) is 46.0 Å². The summed E-state index contributed by atoms with van der Waals surface area (Å²) in [6.07, 6.45) is 1.70. The normalized spacial score (nSPS) is 11.0. The van der Waals surface area contributed by atoms with Crippen LogP contribution in [0, 0.1) is 6.92 Å². The van der Waals surface area contributed by atoms with Gasteiger partial charge in [-0.05, 0) is 42.8 Å². The smallest absolute Gasteiger partial charge is 0.230 e. The van der Waals surface area contributed by atoms with Gasteiger partial charge in [-0.3, -0.25) is 4.79 Å². The number of ketones is 1. The molecule has 90 valence electrons. The quantitative estimate of drug-likeness (QED) is 0.708. The van der Waals surface area contributed by atoms with E-state index >= 15 is 0 Å². The monoisotopic (exact) mass is 259 g/mol. The largest absolute Gasteiger partial charge is 0.441 e. The van der Waals surface area contributed by atoms with Gasteiger partial charge in [0.05, 0.1) is 5.56 Å². The highest BCUT2D eigenvalue weighted by molar-refractivity contribution is 6.29. The zero-order valence-electron chi connectivity index (χ0n) is 9.66. The van der Waals surface area contributed by atoms with Crippen LogP contribution < -0.4 is 0 Å². The van der Waals surface area contributed by atoms with Crippen LogP contribution in [0.25, 0.3) is 10.9 Å². The Labute approximate surface area is 108 Å². The summed E-state index contributed by atoms with van der Waals surface area (Å²) in [5.41, 5.74) is 2.63. The number of rotatable bonds is 2. The molecule has 2 heterocycles. The van der Waals surface area contributed by atoms with Crippen LogP contribution in [0.15, 0.2) is 40.9 Å². The fourth-order valence-corrected chi connectivity index (χ4v) is 2.14. The van der Waals surface area contributed by atoms with Crippen LogP contribution in [0.2, 0.25) is 5.22 Å². The van der Waals surface area contributed by atoms with Gasteiger partial charge in [0, 0.05) is 17.1 Å². The minimum Gasteiger partial charge on any atom is -0.441 e. The van der Waals surface area contributed by atoms with Crippen molar-refractivity contribution in [1.82, 2.24) is 4.98 Å². The highest BCUT2D eigenvalue weighted by Crippen LogP contribution is 2.24. The first-order chi connectivity index (χ1) is 8.65. The van der Waals surface area contributed by atoms with E-state index < -0.39 is 0 Å². The number of nitrogens with one attached hydrogen (secondary N) is 1. The molecule has 3 rings (SSSR count). The summed E-state index contributed by atoms with van der Waals surface area (Å²) in [5.74, 6) is 0.0844. The van der Waals surface area contributed by atoms with E-state index in [1.165, 1.54) is 0 Å². The van der Waals surface area contributed by atoms with Gasteiger partial charge in [-0.15, -0.1) is 0 Å². The molecular weight excluding hydrogens is 250 g/mol. The van der Waals surface area contributed by atoms with Crippen molar-refractivity contribution in [2.45, 2.75) is 6.92 Å². The van der Waals surface area contributed by atoms with Gasteiger partial charge in [-0.25, -0.2) is 0 Å². The fraction of sp³-hybridized carbons (Fsp3) is 0.0714. The molecule has 0 saturated carbocycles. The standard InChI is InChI=1S/C14H10ClNO2/c1-8-2-3-11-9(6-8)10(7-16-11)14(17)12-4-5-13(15)18-12/h2-7,16H,1H3. The zero-order valence-corrected chi connectivity index (χ0v) is 10.4. The van der Waals surface area contributed by atoms with Crippen molar-refractivity contribution in [3.63, 3.8) is 0 Å². The van der Waals surface area contributed by atoms with Crippen molar-refractivity contribution < 1.29 is 9.21 Å². The number of benzene rings is 1. The summed E-state index contributed by atoms with van der Waals surface area (Å²) >= 11 is 5.68. The number of fused-ring (bicyclic) bond motifs is 1. The number of aromatic nitrogens is 1. The maximum Gasteiger partial charge on any atom is 0.230 e. The van der Waals surface area contributed by atoms with Gasteiger partial charge < -0.3 is 9.40 Å². The van der Waals surface area contributed by atoms with E-state index in [9.17, 15) is 4.79 Å². The Kier molecular flexibility index (Phi) is 2.49. The molecule has 18 heavy (non-hydrogen) atoms. The lowest BCUT2D eigenvalue weighted by Crippen LogP contribution is -1.98. The lowest BCUT2D eigenvalue weighted by Gasteiger charge is -1.97. The number of halogens is 1. The highest BCUT2D eigenvalue weighted by Gasteiger charge is 2.17. The van der Waals surface area contributed by atoms with Crippen molar-refractivity contribution in [2.24, 2.45) is 0 Å². The highest BCUT2D eigenvalue weighted by atomic mass is 35.5. The molecule has 2 aromatic heterocycles. The number of carbonyl (C=O) groups excluding carboxylic acids is 1. The molecule has 0 aliphatic rings. The molecule has 0 bridgehead atoms. The van der Waals surface area contributed by atoms with E-state index in [1.807, 2.05) is 25.1 Å². The van der Waals surface area contributed by atoms with Crippen molar-refractivity contribution in [1.29, 1.82) is 0 Å². The first-order valence-corrected chi connectivity index (χ1v) is 5.91. The van der Waals surface area contributed by atoms with Gasteiger partial charge in [0.15, 0.2) is 11.0 Å². The SMILES string of the molecule is Cc1ccc2[nH]cc(C(=O)c3ccc(Cl)o3)c2c1. The van der Waals surface area contributed by atoms with Crippen LogP contribution >= 0.6 is 11.6 Å². The van der Waals surface area contributed by atoms with Crippen LogP contribution in [0.3, 0.4) is 0 Å². The van der Waals surface area contributed by atoms with Gasteiger partial charge in [0.25, 0.3) is 0 Å². The molecule has 0 fully saturated rings. The second-order valence-corrected chi connectivity index (χ2v) is 4.56. The molecule has 0 aliphatic carbocycles. The Morgan fingerprint density at radius 3 is 2.83 bits per heavy atom. The second kappa shape index (κ2) is 4.03. The molecule has 0 atom stereocenters. The van der Waals surface area contributed by atoms with E-state index in [1.54, 1.807) is 18.3 Å². The van der Waals surface area contributed by atoms with Crippen molar-refractivity contribution in [3.8, 4) is 0 Å². The van der Waals surface area contributed by atoms with Gasteiger partial charge in [0.1, 0.15) is 0 Å². The summed E-state index contributed by atoms with van der Waals surface area (Å²) in [6.45, 7) is 1.99. The van der Waals surface area contributed by atoms with Crippen molar-refractivity contribution in [3.05, 3.63) is 58.6 Å². The lowest BCUT2D eigenvalue weighted by molar-refractivity contribution is 0.101. The third kappa shape index (κ3) is 1.73. The predicted molar refractivity (Wildman–Crippen MR) is 70.2 cm³/mol. The molecule has 3 aromatic rings. The number of aryl methyl sites for hydroxylation is 1. The molecule has 0 aliphatic heterocycles. The average Bonchev–Trinajstić information content (AvgIpc) is 2.94. The van der Waals surface area contributed by atoms with Gasteiger partial charge in [0.2, 0.25) is 5.78 Å². The van der Waals surface area contributed by atoms with E-state index in [0.717, 1.165) is 16.5 Å². The molecule has 4 heteroatoms.